The number of ketones is 1. The highest BCUT2D eigenvalue weighted by Crippen LogP contribution is 2.21. The molecule has 0 saturated carbocycles. The van der Waals surface area contributed by atoms with Crippen molar-refractivity contribution < 1.29 is 4.79 Å². The Balaban J connectivity index is 1.75. The van der Waals surface area contributed by atoms with Crippen LogP contribution in [0.3, 0.4) is 0 Å². The third-order valence-electron chi connectivity index (χ3n) is 3.64. The van der Waals surface area contributed by atoms with Gasteiger partial charge < -0.3 is 10.6 Å². The van der Waals surface area contributed by atoms with Gasteiger partial charge in [-0.3, -0.25) is 4.79 Å². The number of aromatic nitrogens is 2. The highest BCUT2D eigenvalue weighted by Gasteiger charge is 2.03. The van der Waals surface area contributed by atoms with Crippen LogP contribution < -0.4 is 10.6 Å². The molecule has 0 amide bonds. The van der Waals surface area contributed by atoms with Gasteiger partial charge in [0.1, 0.15) is 18.0 Å². The van der Waals surface area contributed by atoms with Crippen molar-refractivity contribution in [1.82, 2.24) is 9.97 Å². The van der Waals surface area contributed by atoms with Gasteiger partial charge in [0.15, 0.2) is 5.78 Å². The minimum atomic E-state index is 0.0494. The Morgan fingerprint density at radius 3 is 2.25 bits per heavy atom. The zero-order valence-electron chi connectivity index (χ0n) is 13.6. The Morgan fingerprint density at radius 1 is 0.917 bits per heavy atom. The fraction of sp³-hybridized carbons (Fsp3) is 0.105. The topological polar surface area (TPSA) is 66.9 Å². The van der Waals surface area contributed by atoms with Crippen LogP contribution in [0.15, 0.2) is 60.9 Å². The summed E-state index contributed by atoms with van der Waals surface area (Å²) in [6.45, 7) is 3.59. The summed E-state index contributed by atoms with van der Waals surface area (Å²) in [5.41, 5.74) is 3.70. The number of benzene rings is 2. The van der Waals surface area contributed by atoms with Gasteiger partial charge in [-0.05, 0) is 49.7 Å². The molecule has 3 aromatic rings. The van der Waals surface area contributed by atoms with Crippen molar-refractivity contribution in [1.29, 1.82) is 0 Å². The molecule has 24 heavy (non-hydrogen) atoms. The van der Waals surface area contributed by atoms with Crippen molar-refractivity contribution in [3.8, 4) is 0 Å². The molecule has 1 heterocycles. The SMILES string of the molecule is CC(=O)c1ccc(Nc2cc(Nc3ccccc3C)ncn2)cc1. The number of para-hydroxylation sites is 1. The molecule has 5 nitrogen and oxygen atoms in total. The van der Waals surface area contributed by atoms with Gasteiger partial charge >= 0.3 is 0 Å². The van der Waals surface area contributed by atoms with Crippen molar-refractivity contribution in [2.75, 3.05) is 10.6 Å². The molecule has 3 rings (SSSR count). The number of carbonyl (C=O) groups excluding carboxylic acids is 1. The van der Waals surface area contributed by atoms with Crippen molar-refractivity contribution in [2.45, 2.75) is 13.8 Å². The largest absolute Gasteiger partial charge is 0.340 e. The van der Waals surface area contributed by atoms with E-state index in [4.69, 9.17) is 0 Å². The zero-order chi connectivity index (χ0) is 16.9. The van der Waals surface area contributed by atoms with Gasteiger partial charge in [0, 0.05) is 23.0 Å². The third-order valence-corrected chi connectivity index (χ3v) is 3.64. The maximum Gasteiger partial charge on any atom is 0.159 e. The van der Waals surface area contributed by atoms with Crippen molar-refractivity contribution >= 4 is 28.8 Å². The standard InChI is InChI=1S/C19H18N4O/c1-13-5-3-4-6-17(13)23-19-11-18(20-12-21-19)22-16-9-7-15(8-10-16)14(2)24/h3-12H,1-2H3,(H2,20,21,22,23). The van der Waals surface area contributed by atoms with Crippen molar-refractivity contribution in [3.05, 3.63) is 72.1 Å². The summed E-state index contributed by atoms with van der Waals surface area (Å²) in [6.07, 6.45) is 1.51. The lowest BCUT2D eigenvalue weighted by Gasteiger charge is -2.10. The highest BCUT2D eigenvalue weighted by atomic mass is 16.1. The Labute approximate surface area is 140 Å². The fourth-order valence-electron chi connectivity index (χ4n) is 2.28. The molecule has 0 bridgehead atoms. The number of aryl methyl sites for hydroxylation is 1. The van der Waals surface area contributed by atoms with E-state index >= 15 is 0 Å². The fourth-order valence-corrected chi connectivity index (χ4v) is 2.28. The van der Waals surface area contributed by atoms with Crippen LogP contribution in [-0.2, 0) is 0 Å². The molecule has 5 heteroatoms. The van der Waals surface area contributed by atoms with E-state index in [0.717, 1.165) is 16.9 Å². The van der Waals surface area contributed by atoms with Crippen LogP contribution in [0.1, 0.15) is 22.8 Å². The molecule has 0 aliphatic rings. The smallest absolute Gasteiger partial charge is 0.159 e. The Bertz CT molecular complexity index is 859. The first-order chi connectivity index (χ1) is 11.6. The molecule has 0 aliphatic carbocycles. The van der Waals surface area contributed by atoms with Gasteiger partial charge in [-0.25, -0.2) is 9.97 Å². The van der Waals surface area contributed by atoms with Crippen LogP contribution >= 0.6 is 0 Å². The summed E-state index contributed by atoms with van der Waals surface area (Å²) in [7, 11) is 0. The monoisotopic (exact) mass is 318 g/mol. The number of rotatable bonds is 5. The first-order valence-corrected chi connectivity index (χ1v) is 7.64. The molecular weight excluding hydrogens is 300 g/mol. The summed E-state index contributed by atoms with van der Waals surface area (Å²) in [4.78, 5) is 19.8. The Hall–Kier alpha value is -3.21. The molecule has 0 fully saturated rings. The minimum absolute atomic E-state index is 0.0494. The van der Waals surface area contributed by atoms with Crippen LogP contribution in [0.4, 0.5) is 23.0 Å². The molecule has 0 spiro atoms. The summed E-state index contributed by atoms with van der Waals surface area (Å²) in [5, 5.41) is 6.50. The highest BCUT2D eigenvalue weighted by molar-refractivity contribution is 5.94. The second-order valence-electron chi connectivity index (χ2n) is 5.49. The van der Waals surface area contributed by atoms with Gasteiger partial charge in [0.05, 0.1) is 0 Å². The predicted octanol–water partition coefficient (Wildman–Crippen LogP) is 4.47. The summed E-state index contributed by atoms with van der Waals surface area (Å²) in [6, 6.07) is 17.2. The summed E-state index contributed by atoms with van der Waals surface area (Å²) < 4.78 is 0. The van der Waals surface area contributed by atoms with Gasteiger partial charge in [-0.2, -0.15) is 0 Å². The lowest BCUT2D eigenvalue weighted by atomic mass is 10.1. The van der Waals surface area contributed by atoms with E-state index in [0.29, 0.717) is 17.2 Å². The van der Waals surface area contributed by atoms with E-state index < -0.39 is 0 Å². The van der Waals surface area contributed by atoms with Gasteiger partial charge in [-0.1, -0.05) is 18.2 Å². The van der Waals surface area contributed by atoms with E-state index in [1.165, 1.54) is 6.33 Å². The van der Waals surface area contributed by atoms with Crippen LogP contribution in [0.25, 0.3) is 0 Å². The number of hydrogen-bond acceptors (Lipinski definition) is 5. The average molecular weight is 318 g/mol. The molecule has 0 aliphatic heterocycles. The Morgan fingerprint density at radius 2 is 1.58 bits per heavy atom. The number of Topliss-reactive ketones (excluding diaryl/α,β-unsaturated/α-hetero) is 1. The van der Waals surface area contributed by atoms with Gasteiger partial charge in [0.2, 0.25) is 0 Å². The molecule has 0 saturated heterocycles. The maximum atomic E-state index is 11.3. The summed E-state index contributed by atoms with van der Waals surface area (Å²) in [5.74, 6) is 1.44. The average Bonchev–Trinajstić information content (AvgIpc) is 2.58. The van der Waals surface area contributed by atoms with Crippen molar-refractivity contribution in [3.63, 3.8) is 0 Å². The molecule has 0 unspecified atom stereocenters. The van der Waals surface area contributed by atoms with E-state index in [1.807, 2.05) is 49.4 Å². The molecule has 2 N–H and O–H groups in total. The number of anilines is 4. The van der Waals surface area contributed by atoms with Crippen LogP contribution in [0, 0.1) is 6.92 Å². The molecule has 120 valence electrons. The molecule has 0 atom stereocenters. The minimum Gasteiger partial charge on any atom is -0.340 e. The lowest BCUT2D eigenvalue weighted by molar-refractivity contribution is 0.101. The van der Waals surface area contributed by atoms with E-state index in [-0.39, 0.29) is 5.78 Å². The van der Waals surface area contributed by atoms with Crippen LogP contribution in [0.5, 0.6) is 0 Å². The van der Waals surface area contributed by atoms with Crippen molar-refractivity contribution in [2.24, 2.45) is 0 Å². The number of nitrogens with zero attached hydrogens (tertiary/aromatic N) is 2. The first kappa shape index (κ1) is 15.7. The molecule has 1 aromatic heterocycles. The predicted molar refractivity (Wildman–Crippen MR) is 96.2 cm³/mol. The van der Waals surface area contributed by atoms with Gasteiger partial charge in [0.25, 0.3) is 0 Å². The van der Waals surface area contributed by atoms with E-state index in [1.54, 1.807) is 19.1 Å². The van der Waals surface area contributed by atoms with Gasteiger partial charge in [-0.15, -0.1) is 0 Å². The third kappa shape index (κ3) is 3.76. The van der Waals surface area contributed by atoms with Crippen LogP contribution in [0.2, 0.25) is 0 Å². The Kier molecular flexibility index (Phi) is 4.52. The van der Waals surface area contributed by atoms with Crippen LogP contribution in [-0.4, -0.2) is 15.8 Å². The first-order valence-electron chi connectivity index (χ1n) is 7.64. The number of hydrogen-bond donors (Lipinski definition) is 2. The molecule has 0 radical (unpaired) electrons. The molecule has 2 aromatic carbocycles. The quantitative estimate of drug-likeness (QED) is 0.679. The lowest BCUT2D eigenvalue weighted by Crippen LogP contribution is -1.99. The normalized spacial score (nSPS) is 10.2. The molecular formula is C19H18N4O. The number of carbonyl (C=O) groups is 1. The van der Waals surface area contributed by atoms with E-state index in [2.05, 4.69) is 20.6 Å². The zero-order valence-corrected chi connectivity index (χ0v) is 13.6. The second kappa shape index (κ2) is 6.91. The maximum absolute atomic E-state index is 11.3. The number of nitrogens with one attached hydrogen (secondary N) is 2. The second-order valence-corrected chi connectivity index (χ2v) is 5.49. The van der Waals surface area contributed by atoms with E-state index in [9.17, 15) is 4.79 Å². The summed E-state index contributed by atoms with van der Waals surface area (Å²) >= 11 is 0.